The van der Waals surface area contributed by atoms with Crippen LogP contribution in [0.15, 0.2) is 180 Å². The zero-order valence-electron chi connectivity index (χ0n) is 64.9. The van der Waals surface area contributed by atoms with E-state index >= 15 is 0 Å². The Hall–Kier alpha value is -14.4. The molecular weight excluding hydrogens is 1640 g/mol. The predicted molar refractivity (Wildman–Crippen MR) is 472 cm³/mol. The highest BCUT2D eigenvalue weighted by Crippen LogP contribution is 2.57. The third kappa shape index (κ3) is 14.5. The zero-order valence-corrected chi connectivity index (χ0v) is 69.0. The maximum atomic E-state index is 12.2. The standard InChI is InChI=1S/C94H67N7O16S5/c1-3-5-6-50(4-2)37-65-23-28-74(118-65)51-7-13-60(14-8-51)99(61-15-19-63(20-16-61)100-70-24-9-52(87-83-79(110-29-33-114-83)75(119-87)42-56(46-95)91(102)103)38-66(70)67-39-53(10-25-71(67)100)88-84-80(111-30-34-115-84)76(120-88)43-57(47-96)92(104)105)62-17-21-64(22-18-62)101-72-26-11-54(89-85-81(112-31-35-116-85)77(121-89)44-58(48-97)93(106)107)40-68(72)69-41-55(12-27-73(69)101)90-86-82(113-32-36-117-86)78(122-90)45-59(49-98)94(108)109/h7-28,38-45,50H,3-6,29-37H2,1-2H3,(H,102,103)(H,104,105)(H,106,107)(H,108,109)/b56-42+,57-43+,58-44+,59-45+. The highest BCUT2D eigenvalue weighted by molar-refractivity contribution is 7.18. The minimum atomic E-state index is -1.38. The fourth-order valence-electron chi connectivity index (χ4n) is 15.9. The van der Waals surface area contributed by atoms with Crippen LogP contribution in [0.25, 0.3) is 131 Å². The first-order valence-corrected chi connectivity index (χ1v) is 43.1. The van der Waals surface area contributed by atoms with Gasteiger partial charge in [-0.05, 0) is 186 Å². The van der Waals surface area contributed by atoms with E-state index in [1.165, 1.54) is 92.2 Å². The van der Waals surface area contributed by atoms with Gasteiger partial charge in [-0.15, -0.1) is 56.7 Å². The number of thiophene rings is 5. The van der Waals surface area contributed by atoms with E-state index < -0.39 is 46.2 Å². The second-order valence-corrected chi connectivity index (χ2v) is 34.3. The summed E-state index contributed by atoms with van der Waals surface area (Å²) in [6.07, 6.45) is 10.9. The quantitative estimate of drug-likeness (QED) is 0.0322. The van der Waals surface area contributed by atoms with Crippen molar-refractivity contribution in [3.8, 4) is 134 Å². The zero-order chi connectivity index (χ0) is 84.1. The van der Waals surface area contributed by atoms with Crippen molar-refractivity contribution in [3.63, 3.8) is 0 Å². The third-order valence-corrected chi connectivity index (χ3v) is 27.4. The minimum absolute atomic E-state index is 0.212. The number of nitriles is 4. The Labute approximate surface area is 716 Å². The van der Waals surface area contributed by atoms with Crippen molar-refractivity contribution in [2.45, 2.75) is 46.0 Å². The number of carbonyl (C=O) groups is 4. The average molecular weight is 1710 g/mol. The van der Waals surface area contributed by atoms with Crippen molar-refractivity contribution >= 4 is 166 Å². The molecule has 4 aliphatic rings. The van der Waals surface area contributed by atoms with Crippen molar-refractivity contribution in [2.75, 3.05) is 57.8 Å². The maximum absolute atomic E-state index is 12.2. The number of ether oxygens (including phenoxy) is 8. The summed E-state index contributed by atoms with van der Waals surface area (Å²) < 4.78 is 54.0. The number of anilines is 3. The number of carboxylic acid groups (broad SMARTS) is 4. The number of nitrogens with zero attached hydrogens (tertiary/aromatic N) is 7. The van der Waals surface area contributed by atoms with Crippen LogP contribution in [0.4, 0.5) is 17.1 Å². The molecule has 1 atom stereocenters. The lowest BCUT2D eigenvalue weighted by Crippen LogP contribution is -2.15. The molecule has 604 valence electrons. The Kier molecular flexibility index (Phi) is 21.4. The Morgan fingerprint density at radius 1 is 0.385 bits per heavy atom. The molecule has 0 radical (unpaired) electrons. The molecule has 4 N–H and O–H groups in total. The second kappa shape index (κ2) is 33.1. The summed E-state index contributed by atoms with van der Waals surface area (Å²) in [7, 11) is 0. The fraction of sp³-hybridized carbons (Fsp3) is 0.170. The number of hydrogen-bond acceptors (Lipinski definition) is 22. The van der Waals surface area contributed by atoms with E-state index in [9.17, 15) is 60.7 Å². The molecule has 0 saturated carbocycles. The van der Waals surface area contributed by atoms with Crippen molar-refractivity contribution < 1.29 is 77.5 Å². The molecule has 18 rings (SSSR count). The Bertz CT molecular complexity index is 6320. The van der Waals surface area contributed by atoms with Gasteiger partial charge in [0.1, 0.15) is 99.4 Å². The van der Waals surface area contributed by atoms with Crippen molar-refractivity contribution in [2.24, 2.45) is 5.92 Å². The number of hydrogen-bond donors (Lipinski definition) is 4. The van der Waals surface area contributed by atoms with E-state index in [2.05, 4.69) is 137 Å². The Morgan fingerprint density at radius 2 is 0.672 bits per heavy atom. The number of carboxylic acids is 4. The molecule has 0 spiro atoms. The monoisotopic (exact) mass is 1710 g/mol. The van der Waals surface area contributed by atoms with E-state index in [0.717, 1.165) is 119 Å². The Morgan fingerprint density at radius 3 is 0.951 bits per heavy atom. The van der Waals surface area contributed by atoms with Gasteiger partial charge in [0.2, 0.25) is 0 Å². The molecule has 0 amide bonds. The summed E-state index contributed by atoms with van der Waals surface area (Å²) in [5.74, 6) is -1.86. The minimum Gasteiger partial charge on any atom is -0.485 e. The van der Waals surface area contributed by atoms with Crippen molar-refractivity contribution in [1.29, 1.82) is 21.0 Å². The molecule has 7 aromatic carbocycles. The van der Waals surface area contributed by atoms with E-state index in [1.807, 2.05) is 59.9 Å². The van der Waals surface area contributed by atoms with Gasteiger partial charge in [0.05, 0.1) is 61.1 Å². The lowest BCUT2D eigenvalue weighted by atomic mass is 9.95. The number of benzene rings is 7. The largest absolute Gasteiger partial charge is 0.485 e. The lowest BCUT2D eigenvalue weighted by molar-refractivity contribution is -0.133. The van der Waals surface area contributed by atoms with Crippen molar-refractivity contribution in [3.05, 3.63) is 204 Å². The summed E-state index contributed by atoms with van der Waals surface area (Å²) in [6.45, 7) is 6.30. The van der Waals surface area contributed by atoms with E-state index in [1.54, 1.807) is 24.3 Å². The average Bonchev–Trinajstić information content (AvgIpc) is 1.57. The van der Waals surface area contributed by atoms with Crippen LogP contribution >= 0.6 is 56.7 Å². The van der Waals surface area contributed by atoms with Gasteiger partial charge in [-0.2, -0.15) is 21.0 Å². The molecule has 23 nitrogen and oxygen atoms in total. The van der Waals surface area contributed by atoms with Crippen LogP contribution in [0.5, 0.6) is 46.0 Å². The van der Waals surface area contributed by atoms with Gasteiger partial charge in [0, 0.05) is 59.7 Å². The molecule has 0 bridgehead atoms. The van der Waals surface area contributed by atoms with E-state index in [-0.39, 0.29) is 52.9 Å². The molecule has 0 fully saturated rings. The van der Waals surface area contributed by atoms with Crippen LogP contribution in [-0.2, 0) is 25.6 Å². The number of unbranched alkanes of at least 4 members (excludes halogenated alkanes) is 1. The van der Waals surface area contributed by atoms with Crippen LogP contribution in [0.1, 0.15) is 63.9 Å². The normalized spacial score (nSPS) is 14.0. The van der Waals surface area contributed by atoms with Crippen molar-refractivity contribution in [1.82, 2.24) is 9.13 Å². The lowest BCUT2D eigenvalue weighted by Gasteiger charge is -2.26. The van der Waals surface area contributed by atoms with Gasteiger partial charge in [-0.1, -0.05) is 75.9 Å². The van der Waals surface area contributed by atoms with Crippen LogP contribution in [0.2, 0.25) is 0 Å². The molecule has 11 heterocycles. The van der Waals surface area contributed by atoms with Gasteiger partial charge in [0.15, 0.2) is 46.0 Å². The molecule has 7 aromatic heterocycles. The second-order valence-electron chi connectivity index (χ2n) is 28.9. The first-order chi connectivity index (χ1) is 59.5. The first-order valence-electron chi connectivity index (χ1n) is 39.0. The van der Waals surface area contributed by atoms with Gasteiger partial charge < -0.3 is 72.4 Å². The van der Waals surface area contributed by atoms with Gasteiger partial charge in [-0.3, -0.25) is 0 Å². The summed E-state index contributed by atoms with van der Waals surface area (Å²) in [4.78, 5) is 57.9. The third-order valence-electron chi connectivity index (χ3n) is 21.6. The summed E-state index contributed by atoms with van der Waals surface area (Å²) in [6, 6.07) is 61.2. The summed E-state index contributed by atoms with van der Waals surface area (Å²) >= 11 is 6.82. The SMILES string of the molecule is CCCCC(CC)Cc1ccc(-c2ccc(N(c3ccc(-n4c5ccc(-c6sc(/C=C(\C#N)C(=O)O)c7c6OCCO7)cc5c5cc(-c6sc(/C=C(\C#N)C(=O)O)c7c6OCCO7)ccc54)cc3)c3ccc(-n4c5ccc(-c6sc(/C=C(\C#N)C(=O)O)c7c6OCCO7)cc5c5cc(-c6sc(/C=C(\C#N)C(=O)O)c7c6OCCO7)ccc54)cc3)cc2)s1. The summed E-state index contributed by atoms with van der Waals surface area (Å²) in [5, 5.41) is 82.5. The number of fused-ring (bicyclic) bond motifs is 10. The molecule has 1 unspecified atom stereocenters. The smallest absolute Gasteiger partial charge is 0.346 e. The first kappa shape index (κ1) is 78.8. The molecule has 14 aromatic rings. The van der Waals surface area contributed by atoms with Crippen LogP contribution in [0.3, 0.4) is 0 Å². The van der Waals surface area contributed by atoms with Crippen LogP contribution < -0.4 is 42.8 Å². The van der Waals surface area contributed by atoms with E-state index in [0.29, 0.717) is 90.9 Å². The maximum Gasteiger partial charge on any atom is 0.346 e. The van der Waals surface area contributed by atoms with Gasteiger partial charge >= 0.3 is 23.9 Å². The molecule has 0 saturated heterocycles. The van der Waals surface area contributed by atoms with E-state index in [4.69, 9.17) is 37.9 Å². The predicted octanol–water partition coefficient (Wildman–Crippen LogP) is 21.8. The van der Waals surface area contributed by atoms with Crippen LogP contribution in [0, 0.1) is 51.2 Å². The number of aromatic nitrogens is 2. The van der Waals surface area contributed by atoms with Crippen LogP contribution in [-0.4, -0.2) is 106 Å². The highest BCUT2D eigenvalue weighted by atomic mass is 32.1. The highest BCUT2D eigenvalue weighted by Gasteiger charge is 2.33. The Balaban J connectivity index is 0.779. The number of aliphatic carboxylic acids is 4. The molecular formula is C94H67N7O16S5. The molecule has 122 heavy (non-hydrogen) atoms. The number of rotatable bonds is 24. The topological polar surface area (TPSA) is 331 Å². The molecule has 4 aliphatic heterocycles. The summed E-state index contributed by atoms with van der Waals surface area (Å²) in [5.41, 5.74) is 9.57. The fourth-order valence-corrected chi connectivity index (χ4v) is 21.5. The molecule has 28 heteroatoms. The van der Waals surface area contributed by atoms with Gasteiger partial charge in [-0.25, -0.2) is 19.2 Å². The molecule has 0 aliphatic carbocycles. The van der Waals surface area contributed by atoms with Gasteiger partial charge in [0.25, 0.3) is 0 Å².